The third kappa shape index (κ3) is 3.29. The van der Waals surface area contributed by atoms with Gasteiger partial charge in [-0.15, -0.1) is 0 Å². The topological polar surface area (TPSA) is 55.8 Å². The number of sulfonamides is 1. The van der Waals surface area contributed by atoms with E-state index in [4.69, 9.17) is 9.47 Å². The van der Waals surface area contributed by atoms with Crippen LogP contribution in [0.3, 0.4) is 0 Å². The lowest BCUT2D eigenvalue weighted by molar-refractivity contribution is 0.319. The van der Waals surface area contributed by atoms with E-state index in [1.807, 2.05) is 0 Å². The summed E-state index contributed by atoms with van der Waals surface area (Å²) in [6.07, 6.45) is 1.70. The van der Waals surface area contributed by atoms with Crippen molar-refractivity contribution in [2.24, 2.45) is 0 Å². The summed E-state index contributed by atoms with van der Waals surface area (Å²) in [6, 6.07) is 6.86. The highest BCUT2D eigenvalue weighted by Crippen LogP contribution is 2.34. The molecule has 0 bridgehead atoms. The number of hydrogen-bond acceptors (Lipinski definition) is 5. The summed E-state index contributed by atoms with van der Waals surface area (Å²) in [5.74, 6) is 1.40. The van der Waals surface area contributed by atoms with Gasteiger partial charge >= 0.3 is 0 Å². The van der Waals surface area contributed by atoms with Gasteiger partial charge in [-0.2, -0.15) is 15.6 Å². The standard InChI is InChI=1S/C17H21NO4S2/c1-21-16-4-3-15(11-17(16)22-2)24(19,20)18-8-5-13(6-9-18)14-7-10-23-12-14/h3-4,7,10-13H,5-6,8-9H2,1-2H3. The lowest BCUT2D eigenvalue weighted by Crippen LogP contribution is -2.37. The maximum absolute atomic E-state index is 12.9. The predicted molar refractivity (Wildman–Crippen MR) is 94.6 cm³/mol. The van der Waals surface area contributed by atoms with Crippen molar-refractivity contribution in [2.45, 2.75) is 23.7 Å². The molecule has 130 valence electrons. The smallest absolute Gasteiger partial charge is 0.243 e. The number of nitrogens with zero attached hydrogens (tertiary/aromatic N) is 1. The van der Waals surface area contributed by atoms with E-state index >= 15 is 0 Å². The molecule has 1 saturated heterocycles. The van der Waals surface area contributed by atoms with Gasteiger partial charge in [0.25, 0.3) is 0 Å². The molecule has 1 aliphatic heterocycles. The van der Waals surface area contributed by atoms with Gasteiger partial charge in [0.15, 0.2) is 11.5 Å². The van der Waals surface area contributed by atoms with Crippen molar-refractivity contribution >= 4 is 21.4 Å². The first kappa shape index (κ1) is 17.3. The van der Waals surface area contributed by atoms with Crippen LogP contribution in [0.25, 0.3) is 0 Å². The van der Waals surface area contributed by atoms with E-state index in [0.717, 1.165) is 12.8 Å². The molecule has 1 aromatic carbocycles. The Bertz CT molecular complexity index is 779. The number of thiophene rings is 1. The molecule has 0 aliphatic carbocycles. The summed E-state index contributed by atoms with van der Waals surface area (Å²) in [5.41, 5.74) is 1.32. The quantitative estimate of drug-likeness (QED) is 0.813. The zero-order valence-electron chi connectivity index (χ0n) is 13.8. The van der Waals surface area contributed by atoms with E-state index in [0.29, 0.717) is 30.5 Å². The summed E-state index contributed by atoms with van der Waals surface area (Å²) in [6.45, 7) is 1.08. The maximum atomic E-state index is 12.9. The Balaban J connectivity index is 1.77. The minimum absolute atomic E-state index is 0.245. The molecule has 1 aliphatic rings. The molecule has 3 rings (SSSR count). The number of methoxy groups -OCH3 is 2. The normalized spacial score (nSPS) is 16.9. The van der Waals surface area contributed by atoms with Gasteiger partial charge < -0.3 is 9.47 Å². The summed E-state index contributed by atoms with van der Waals surface area (Å²) in [5, 5.41) is 4.23. The second-order valence-electron chi connectivity index (χ2n) is 5.75. The molecule has 7 heteroatoms. The average molecular weight is 367 g/mol. The van der Waals surface area contributed by atoms with Gasteiger partial charge in [-0.25, -0.2) is 8.42 Å². The molecule has 1 fully saturated rings. The van der Waals surface area contributed by atoms with Crippen molar-refractivity contribution in [2.75, 3.05) is 27.3 Å². The van der Waals surface area contributed by atoms with Crippen molar-refractivity contribution in [3.8, 4) is 11.5 Å². The van der Waals surface area contributed by atoms with Crippen LogP contribution < -0.4 is 9.47 Å². The molecule has 0 radical (unpaired) electrons. The van der Waals surface area contributed by atoms with E-state index in [1.165, 1.54) is 25.8 Å². The fourth-order valence-electron chi connectivity index (χ4n) is 3.06. The molecule has 0 atom stereocenters. The van der Waals surface area contributed by atoms with Crippen LogP contribution >= 0.6 is 11.3 Å². The van der Waals surface area contributed by atoms with Crippen LogP contribution in [0.5, 0.6) is 11.5 Å². The number of hydrogen-bond donors (Lipinski definition) is 0. The summed E-state index contributed by atoms with van der Waals surface area (Å²) in [4.78, 5) is 0.245. The SMILES string of the molecule is COc1ccc(S(=O)(=O)N2CCC(c3ccsc3)CC2)cc1OC. The monoisotopic (exact) mass is 367 g/mol. The highest BCUT2D eigenvalue weighted by atomic mass is 32.2. The Kier molecular flexibility index (Phi) is 5.12. The van der Waals surface area contributed by atoms with Crippen LogP contribution in [0.1, 0.15) is 24.3 Å². The second-order valence-corrected chi connectivity index (χ2v) is 8.47. The zero-order chi connectivity index (χ0) is 17.2. The van der Waals surface area contributed by atoms with E-state index < -0.39 is 10.0 Å². The molecule has 0 amide bonds. The summed E-state index contributed by atoms with van der Waals surface area (Å²) >= 11 is 1.69. The molecule has 2 heterocycles. The fourth-order valence-corrected chi connectivity index (χ4v) is 5.29. The van der Waals surface area contributed by atoms with Crippen LogP contribution in [0.15, 0.2) is 39.9 Å². The molecular weight excluding hydrogens is 346 g/mol. The highest BCUT2D eigenvalue weighted by Gasteiger charge is 2.30. The van der Waals surface area contributed by atoms with Gasteiger partial charge in [-0.3, -0.25) is 0 Å². The molecule has 0 spiro atoms. The number of piperidine rings is 1. The number of ether oxygens (including phenoxy) is 2. The van der Waals surface area contributed by atoms with Crippen molar-refractivity contribution in [1.29, 1.82) is 0 Å². The van der Waals surface area contributed by atoms with Crippen molar-refractivity contribution in [3.05, 3.63) is 40.6 Å². The Hall–Kier alpha value is -1.57. The second kappa shape index (κ2) is 7.13. The van der Waals surface area contributed by atoms with E-state index in [2.05, 4.69) is 16.8 Å². The number of rotatable bonds is 5. The molecule has 1 aromatic heterocycles. The Labute approximate surface area is 146 Å². The summed E-state index contributed by atoms with van der Waals surface area (Å²) in [7, 11) is -0.482. The average Bonchev–Trinajstić information content (AvgIpc) is 3.15. The lowest BCUT2D eigenvalue weighted by atomic mass is 9.92. The number of benzene rings is 1. The summed E-state index contributed by atoms with van der Waals surface area (Å²) < 4.78 is 37.7. The molecule has 2 aromatic rings. The molecule has 0 saturated carbocycles. The zero-order valence-corrected chi connectivity index (χ0v) is 15.4. The molecule has 0 unspecified atom stereocenters. The van der Waals surface area contributed by atoms with Crippen LogP contribution in [0, 0.1) is 0 Å². The van der Waals surface area contributed by atoms with Gasteiger partial charge in [0.2, 0.25) is 10.0 Å². The van der Waals surface area contributed by atoms with Crippen molar-refractivity contribution in [3.63, 3.8) is 0 Å². The third-order valence-corrected chi connectivity index (χ3v) is 7.06. The van der Waals surface area contributed by atoms with Crippen molar-refractivity contribution in [1.82, 2.24) is 4.31 Å². The Morgan fingerprint density at radius 1 is 1.08 bits per heavy atom. The van der Waals surface area contributed by atoms with E-state index in [9.17, 15) is 8.42 Å². The lowest BCUT2D eigenvalue weighted by Gasteiger charge is -2.31. The van der Waals surface area contributed by atoms with E-state index in [-0.39, 0.29) is 4.90 Å². The van der Waals surface area contributed by atoms with Crippen molar-refractivity contribution < 1.29 is 17.9 Å². The molecule has 5 nitrogen and oxygen atoms in total. The molecule has 0 N–H and O–H groups in total. The maximum Gasteiger partial charge on any atom is 0.243 e. The van der Waals surface area contributed by atoms with Crippen LogP contribution in [0.4, 0.5) is 0 Å². The van der Waals surface area contributed by atoms with Gasteiger partial charge in [0, 0.05) is 19.2 Å². The Morgan fingerprint density at radius 3 is 2.38 bits per heavy atom. The van der Waals surface area contributed by atoms with Gasteiger partial charge in [0.05, 0.1) is 19.1 Å². The highest BCUT2D eigenvalue weighted by molar-refractivity contribution is 7.89. The van der Waals surface area contributed by atoms with Crippen LogP contribution in [-0.2, 0) is 10.0 Å². The van der Waals surface area contributed by atoms with Gasteiger partial charge in [-0.1, -0.05) is 0 Å². The minimum Gasteiger partial charge on any atom is -0.493 e. The fraction of sp³-hybridized carbons (Fsp3) is 0.412. The first-order valence-electron chi connectivity index (χ1n) is 7.80. The predicted octanol–water partition coefficient (Wildman–Crippen LogP) is 3.33. The van der Waals surface area contributed by atoms with Gasteiger partial charge in [0.1, 0.15) is 0 Å². The van der Waals surface area contributed by atoms with E-state index in [1.54, 1.807) is 27.8 Å². The minimum atomic E-state index is -3.51. The first-order valence-corrected chi connectivity index (χ1v) is 10.2. The molecular formula is C17H21NO4S2. The van der Waals surface area contributed by atoms with Gasteiger partial charge in [-0.05, 0) is 53.3 Å². The largest absolute Gasteiger partial charge is 0.493 e. The first-order chi connectivity index (χ1) is 11.6. The Morgan fingerprint density at radius 2 is 1.79 bits per heavy atom. The third-order valence-electron chi connectivity index (χ3n) is 4.46. The van der Waals surface area contributed by atoms with Crippen LogP contribution in [-0.4, -0.2) is 40.0 Å². The molecule has 24 heavy (non-hydrogen) atoms. The van der Waals surface area contributed by atoms with Crippen LogP contribution in [0.2, 0.25) is 0 Å².